The Hall–Kier alpha value is -2.01. The average Bonchev–Trinajstić information content (AvgIpc) is 3.24. The molecule has 1 aromatic carbocycles. The third-order valence-electron chi connectivity index (χ3n) is 4.25. The van der Waals surface area contributed by atoms with Crippen LogP contribution in [0.1, 0.15) is 24.4 Å². The molecule has 114 valence electrons. The van der Waals surface area contributed by atoms with Crippen molar-refractivity contribution in [3.05, 3.63) is 46.7 Å². The largest absolute Gasteiger partial charge is 0.485 e. The molecule has 2 aromatic rings. The fourth-order valence-corrected chi connectivity index (χ4v) is 3.87. The molecule has 0 bridgehead atoms. The van der Waals surface area contributed by atoms with E-state index in [1.807, 2.05) is 29.2 Å². The zero-order valence-corrected chi connectivity index (χ0v) is 12.9. The lowest BCUT2D eigenvalue weighted by atomic mass is 10.1. The van der Waals surface area contributed by atoms with E-state index in [0.29, 0.717) is 11.5 Å². The minimum absolute atomic E-state index is 0.0307. The Balaban J connectivity index is 1.52. The molecule has 0 N–H and O–H groups in total. The van der Waals surface area contributed by atoms with Crippen LogP contribution in [0.2, 0.25) is 0 Å². The molecule has 1 saturated heterocycles. The van der Waals surface area contributed by atoms with Crippen LogP contribution in [0, 0.1) is 0 Å². The van der Waals surface area contributed by atoms with Crippen LogP contribution in [0.15, 0.2) is 41.1 Å². The van der Waals surface area contributed by atoms with Crippen molar-refractivity contribution in [2.75, 3.05) is 13.2 Å². The van der Waals surface area contributed by atoms with Gasteiger partial charge in [-0.2, -0.15) is 11.3 Å². The van der Waals surface area contributed by atoms with Crippen molar-refractivity contribution in [1.29, 1.82) is 0 Å². The van der Waals surface area contributed by atoms with E-state index in [1.165, 1.54) is 5.56 Å². The van der Waals surface area contributed by atoms with Gasteiger partial charge in [0.25, 0.3) is 5.91 Å². The first kappa shape index (κ1) is 13.6. The van der Waals surface area contributed by atoms with E-state index in [0.717, 1.165) is 19.4 Å². The van der Waals surface area contributed by atoms with Crippen LogP contribution in [-0.2, 0) is 4.79 Å². The number of likely N-dealkylation sites (tertiary alicyclic amines) is 1. The van der Waals surface area contributed by atoms with Crippen molar-refractivity contribution in [2.45, 2.75) is 25.0 Å². The number of ether oxygens (including phenoxy) is 2. The summed E-state index contributed by atoms with van der Waals surface area (Å²) in [5.74, 6) is 1.39. The highest BCUT2D eigenvalue weighted by molar-refractivity contribution is 7.07. The van der Waals surface area contributed by atoms with Crippen molar-refractivity contribution >= 4 is 17.2 Å². The Morgan fingerprint density at radius 3 is 2.91 bits per heavy atom. The molecule has 4 rings (SSSR count). The summed E-state index contributed by atoms with van der Waals surface area (Å²) in [6, 6.07) is 9.78. The predicted octanol–water partition coefficient (Wildman–Crippen LogP) is 3.25. The van der Waals surface area contributed by atoms with Crippen LogP contribution in [0.5, 0.6) is 11.5 Å². The van der Waals surface area contributed by atoms with Crippen LogP contribution in [0.4, 0.5) is 0 Å². The van der Waals surface area contributed by atoms with Gasteiger partial charge in [0.05, 0.1) is 6.04 Å². The molecule has 22 heavy (non-hydrogen) atoms. The second-order valence-corrected chi connectivity index (χ2v) is 6.39. The maximum atomic E-state index is 12.8. The number of hydrogen-bond acceptors (Lipinski definition) is 4. The van der Waals surface area contributed by atoms with Crippen molar-refractivity contribution in [3.63, 3.8) is 0 Å². The highest BCUT2D eigenvalue weighted by Crippen LogP contribution is 2.36. The summed E-state index contributed by atoms with van der Waals surface area (Å²) >= 11 is 1.67. The Labute approximate surface area is 133 Å². The van der Waals surface area contributed by atoms with Gasteiger partial charge < -0.3 is 14.4 Å². The van der Waals surface area contributed by atoms with Gasteiger partial charge in [-0.15, -0.1) is 0 Å². The van der Waals surface area contributed by atoms with Gasteiger partial charge in [-0.25, -0.2) is 0 Å². The molecule has 5 heteroatoms. The Kier molecular flexibility index (Phi) is 3.50. The molecule has 1 aromatic heterocycles. The number of carbonyl (C=O) groups is 1. The highest BCUT2D eigenvalue weighted by atomic mass is 32.1. The molecule has 0 radical (unpaired) electrons. The summed E-state index contributed by atoms with van der Waals surface area (Å²) in [4.78, 5) is 14.8. The molecule has 4 nitrogen and oxygen atoms in total. The normalized spacial score (nSPS) is 23.5. The molecule has 0 saturated carbocycles. The molecule has 2 aliphatic rings. The zero-order chi connectivity index (χ0) is 14.9. The topological polar surface area (TPSA) is 38.8 Å². The van der Waals surface area contributed by atoms with E-state index in [9.17, 15) is 4.79 Å². The molecule has 1 amide bonds. The van der Waals surface area contributed by atoms with E-state index in [4.69, 9.17) is 9.47 Å². The van der Waals surface area contributed by atoms with Gasteiger partial charge in [-0.1, -0.05) is 12.1 Å². The van der Waals surface area contributed by atoms with Gasteiger partial charge in [0.1, 0.15) is 6.61 Å². The van der Waals surface area contributed by atoms with Crippen LogP contribution in [-0.4, -0.2) is 30.1 Å². The first-order chi connectivity index (χ1) is 10.8. The van der Waals surface area contributed by atoms with E-state index < -0.39 is 6.10 Å². The van der Waals surface area contributed by atoms with Gasteiger partial charge in [0, 0.05) is 6.54 Å². The molecule has 2 atom stereocenters. The standard InChI is InChI=1S/C17H17NO3S/c19-17(16-10-20-14-5-1-2-6-15(14)21-16)18-8-3-4-13(18)12-7-9-22-11-12/h1-2,5-7,9,11,13,16H,3-4,8,10H2/t13-,16+/m1/s1. The maximum Gasteiger partial charge on any atom is 0.267 e. The predicted molar refractivity (Wildman–Crippen MR) is 84.4 cm³/mol. The Morgan fingerprint density at radius 1 is 1.23 bits per heavy atom. The van der Waals surface area contributed by atoms with Gasteiger partial charge in [-0.3, -0.25) is 4.79 Å². The first-order valence-electron chi connectivity index (χ1n) is 7.54. The van der Waals surface area contributed by atoms with Crippen LogP contribution in [0.25, 0.3) is 0 Å². The number of thiophene rings is 1. The third kappa shape index (κ3) is 2.35. The minimum Gasteiger partial charge on any atom is -0.485 e. The molecule has 0 unspecified atom stereocenters. The molecular weight excluding hydrogens is 298 g/mol. The molecule has 3 heterocycles. The van der Waals surface area contributed by atoms with Crippen LogP contribution >= 0.6 is 11.3 Å². The van der Waals surface area contributed by atoms with Gasteiger partial charge in [0.15, 0.2) is 11.5 Å². The molecule has 0 spiro atoms. The van der Waals surface area contributed by atoms with Crippen molar-refractivity contribution in [3.8, 4) is 11.5 Å². The Bertz CT molecular complexity index is 670. The fourth-order valence-electron chi connectivity index (χ4n) is 3.17. The lowest BCUT2D eigenvalue weighted by Crippen LogP contribution is -2.46. The number of benzene rings is 1. The fraction of sp³-hybridized carbons (Fsp3) is 0.353. The van der Waals surface area contributed by atoms with E-state index >= 15 is 0 Å². The molecule has 0 aliphatic carbocycles. The quantitative estimate of drug-likeness (QED) is 0.854. The number of nitrogens with zero attached hydrogens (tertiary/aromatic N) is 1. The maximum absolute atomic E-state index is 12.8. The highest BCUT2D eigenvalue weighted by Gasteiger charge is 2.37. The second-order valence-electron chi connectivity index (χ2n) is 5.61. The summed E-state index contributed by atoms with van der Waals surface area (Å²) in [5.41, 5.74) is 1.23. The summed E-state index contributed by atoms with van der Waals surface area (Å²) in [5, 5.41) is 4.19. The number of rotatable bonds is 2. The van der Waals surface area contributed by atoms with Crippen molar-refractivity contribution in [1.82, 2.24) is 4.90 Å². The summed E-state index contributed by atoms with van der Waals surface area (Å²) in [6.45, 7) is 1.07. The van der Waals surface area contributed by atoms with Gasteiger partial charge in [0.2, 0.25) is 6.10 Å². The SMILES string of the molecule is O=C([C@@H]1COc2ccccc2O1)N1CCC[C@@H]1c1ccsc1. The van der Waals surface area contributed by atoms with E-state index in [1.54, 1.807) is 11.3 Å². The van der Waals surface area contributed by atoms with Gasteiger partial charge >= 0.3 is 0 Å². The smallest absolute Gasteiger partial charge is 0.267 e. The second kappa shape index (κ2) is 5.65. The molecule has 1 fully saturated rings. The monoisotopic (exact) mass is 315 g/mol. The summed E-state index contributed by atoms with van der Waals surface area (Å²) in [7, 11) is 0. The number of amides is 1. The van der Waals surface area contributed by atoms with Crippen molar-refractivity contribution < 1.29 is 14.3 Å². The number of carbonyl (C=O) groups excluding carboxylic acids is 1. The van der Waals surface area contributed by atoms with Crippen molar-refractivity contribution in [2.24, 2.45) is 0 Å². The summed E-state index contributed by atoms with van der Waals surface area (Å²) in [6.07, 6.45) is 1.51. The Morgan fingerprint density at radius 2 is 2.09 bits per heavy atom. The minimum atomic E-state index is -0.547. The van der Waals surface area contributed by atoms with Crippen LogP contribution in [0.3, 0.4) is 0 Å². The lowest BCUT2D eigenvalue weighted by molar-refractivity contribution is -0.142. The summed E-state index contributed by atoms with van der Waals surface area (Å²) < 4.78 is 11.5. The lowest BCUT2D eigenvalue weighted by Gasteiger charge is -2.31. The average molecular weight is 315 g/mol. The number of fused-ring (bicyclic) bond motifs is 1. The van der Waals surface area contributed by atoms with E-state index in [2.05, 4.69) is 16.8 Å². The number of hydrogen-bond donors (Lipinski definition) is 0. The molecular formula is C17H17NO3S. The van der Waals surface area contributed by atoms with Crippen LogP contribution < -0.4 is 9.47 Å². The zero-order valence-electron chi connectivity index (χ0n) is 12.1. The number of para-hydroxylation sites is 2. The first-order valence-corrected chi connectivity index (χ1v) is 8.48. The van der Waals surface area contributed by atoms with Gasteiger partial charge in [-0.05, 0) is 47.4 Å². The third-order valence-corrected chi connectivity index (χ3v) is 4.95. The molecule has 2 aliphatic heterocycles. The van der Waals surface area contributed by atoms with E-state index in [-0.39, 0.29) is 18.6 Å².